The fourth-order valence-corrected chi connectivity index (χ4v) is 1.73. The van der Waals surface area contributed by atoms with E-state index in [4.69, 9.17) is 15.5 Å². The second kappa shape index (κ2) is 8.48. The van der Waals surface area contributed by atoms with Crippen LogP contribution in [0.5, 0.6) is 5.75 Å². The number of aryl methyl sites for hydroxylation is 1. The number of aromatic hydroxyl groups is 1. The lowest BCUT2D eigenvalue weighted by Crippen LogP contribution is -2.21. The van der Waals surface area contributed by atoms with Crippen molar-refractivity contribution in [2.45, 2.75) is 20.1 Å². The molecule has 0 aliphatic heterocycles. The third-order valence-electron chi connectivity index (χ3n) is 3.07. The molecule has 2 rings (SSSR count). The maximum absolute atomic E-state index is 10.2. The third-order valence-corrected chi connectivity index (χ3v) is 3.07. The first-order valence-corrected chi connectivity index (χ1v) is 6.59. The average molecular weight is 316 g/mol. The zero-order valence-corrected chi connectivity index (χ0v) is 12.4. The number of carboxylic acids is 1. The normalized spacial score (nSPS) is 9.48. The average Bonchev–Trinajstić information content (AvgIpc) is 2.57. The van der Waals surface area contributed by atoms with Crippen molar-refractivity contribution >= 4 is 5.97 Å². The van der Waals surface area contributed by atoms with Crippen molar-refractivity contribution in [3.63, 3.8) is 0 Å². The van der Waals surface area contributed by atoms with Crippen LogP contribution in [0.2, 0.25) is 0 Å². The number of carbonyl (C=O) groups is 1. The Balaban J connectivity index is 0.000000231. The molecule has 1 aromatic heterocycles. The lowest BCUT2D eigenvalue weighted by Gasteiger charge is -2.03. The highest BCUT2D eigenvalue weighted by Crippen LogP contribution is 2.21. The van der Waals surface area contributed by atoms with Crippen LogP contribution in [0.4, 0.5) is 0 Å². The molecule has 0 fully saturated rings. The summed E-state index contributed by atoms with van der Waals surface area (Å²) in [6.07, 6.45) is 1.57. The van der Waals surface area contributed by atoms with E-state index in [0.717, 1.165) is 0 Å². The Kier molecular flexibility index (Phi) is 6.68. The van der Waals surface area contributed by atoms with E-state index < -0.39 is 5.97 Å². The van der Waals surface area contributed by atoms with E-state index in [1.54, 1.807) is 13.1 Å². The fraction of sp³-hybridized carbons (Fsp3) is 0.188. The Morgan fingerprint density at radius 2 is 1.87 bits per heavy atom. The van der Waals surface area contributed by atoms with E-state index in [1.807, 2.05) is 6.07 Å². The van der Waals surface area contributed by atoms with E-state index in [1.165, 1.54) is 24.3 Å². The van der Waals surface area contributed by atoms with E-state index >= 15 is 0 Å². The van der Waals surface area contributed by atoms with Crippen molar-refractivity contribution in [3.8, 4) is 11.8 Å². The zero-order valence-electron chi connectivity index (χ0n) is 12.4. The second-order valence-corrected chi connectivity index (χ2v) is 4.56. The molecule has 0 amide bonds. The van der Waals surface area contributed by atoms with Crippen LogP contribution in [0.3, 0.4) is 0 Å². The van der Waals surface area contributed by atoms with Crippen LogP contribution in [0.25, 0.3) is 0 Å². The van der Waals surface area contributed by atoms with Crippen LogP contribution in [0.1, 0.15) is 32.7 Å². The molecular formula is C16H16N2O5. The van der Waals surface area contributed by atoms with Gasteiger partial charge in [0.25, 0.3) is 0 Å². The first-order chi connectivity index (χ1) is 10.9. The number of pyridine rings is 1. The lowest BCUT2D eigenvalue weighted by atomic mass is 10.1. The number of aliphatic hydroxyl groups excluding tert-OH is 2. The number of carboxylic acid groups (broad SMARTS) is 1. The van der Waals surface area contributed by atoms with Gasteiger partial charge >= 0.3 is 0 Å². The molecule has 0 aliphatic carbocycles. The van der Waals surface area contributed by atoms with Gasteiger partial charge in [0.1, 0.15) is 0 Å². The van der Waals surface area contributed by atoms with Gasteiger partial charge in [-0.05, 0) is 17.7 Å². The summed E-state index contributed by atoms with van der Waals surface area (Å²) in [5.41, 5.74) is 2.00. The van der Waals surface area contributed by atoms with Crippen molar-refractivity contribution in [2.75, 3.05) is 0 Å². The topological polar surface area (TPSA) is 139 Å². The molecule has 1 aromatic carbocycles. The summed E-state index contributed by atoms with van der Waals surface area (Å²) in [4.78, 5) is 13.0. The van der Waals surface area contributed by atoms with Crippen molar-refractivity contribution < 1.29 is 30.2 Å². The molecule has 120 valence electrons. The summed E-state index contributed by atoms with van der Waals surface area (Å²) in [5.74, 6) is -1.21. The third kappa shape index (κ3) is 4.78. The van der Waals surface area contributed by atoms with Crippen LogP contribution in [-0.4, -0.2) is 21.3 Å². The van der Waals surface area contributed by atoms with Gasteiger partial charge in [0.15, 0.2) is 11.9 Å². The summed E-state index contributed by atoms with van der Waals surface area (Å²) >= 11 is 0. The molecule has 2 aromatic rings. The monoisotopic (exact) mass is 316 g/mol. The van der Waals surface area contributed by atoms with E-state index in [9.17, 15) is 15.0 Å². The molecule has 23 heavy (non-hydrogen) atoms. The minimum absolute atomic E-state index is 0.0176. The number of aromatic nitrogens is 1. The van der Waals surface area contributed by atoms with Gasteiger partial charge in [-0.25, -0.2) is 4.98 Å². The largest absolute Gasteiger partial charge is 0.545 e. The molecule has 4 N–H and O–H groups in total. The summed E-state index contributed by atoms with van der Waals surface area (Å²) in [6.45, 7) is 1.23. The number of nitrogens with one attached hydrogen (secondary N) is 1. The minimum Gasteiger partial charge on any atom is -0.545 e. The van der Waals surface area contributed by atoms with Gasteiger partial charge in [-0.1, -0.05) is 12.1 Å². The molecule has 0 atom stereocenters. The first kappa shape index (κ1) is 18.1. The molecule has 1 heterocycles. The van der Waals surface area contributed by atoms with E-state index in [2.05, 4.69) is 4.98 Å². The number of aliphatic hydroxyl groups is 2. The number of nitriles is 1. The number of H-pyrrole nitrogens is 1. The van der Waals surface area contributed by atoms with Gasteiger partial charge < -0.3 is 25.2 Å². The van der Waals surface area contributed by atoms with Gasteiger partial charge in [-0.2, -0.15) is 5.26 Å². The molecular weight excluding hydrogens is 300 g/mol. The second-order valence-electron chi connectivity index (χ2n) is 4.56. The summed E-state index contributed by atoms with van der Waals surface area (Å²) in [5, 5.41) is 45.7. The Morgan fingerprint density at radius 3 is 2.30 bits per heavy atom. The molecule has 0 aliphatic rings. The molecule has 0 bridgehead atoms. The first-order valence-electron chi connectivity index (χ1n) is 6.59. The van der Waals surface area contributed by atoms with Crippen molar-refractivity contribution in [1.29, 1.82) is 5.26 Å². The van der Waals surface area contributed by atoms with Crippen LogP contribution in [0.15, 0.2) is 30.5 Å². The van der Waals surface area contributed by atoms with Gasteiger partial charge in [-0.15, -0.1) is 0 Å². The quantitative estimate of drug-likeness (QED) is 0.692. The standard InChI is InChI=1S/C8H11NO3.C8H5NO2/c1-5-8(12)7(4-11)6(3-10)2-9-5;9-5-6-1-3-7(4-2-6)8(10)11/h2,10-12H,3-4H2,1H3;1-4H,(H,10,11). The van der Waals surface area contributed by atoms with Crippen LogP contribution >= 0.6 is 0 Å². The highest BCUT2D eigenvalue weighted by atomic mass is 16.4. The molecule has 0 radical (unpaired) electrons. The lowest BCUT2D eigenvalue weighted by molar-refractivity contribution is -0.389. The smallest absolute Gasteiger partial charge is 0.219 e. The van der Waals surface area contributed by atoms with Crippen molar-refractivity contribution in [1.82, 2.24) is 0 Å². The number of rotatable bonds is 3. The minimum atomic E-state index is -1.23. The maximum Gasteiger partial charge on any atom is 0.219 e. The Labute approximate surface area is 132 Å². The highest BCUT2D eigenvalue weighted by molar-refractivity contribution is 5.85. The number of hydrogen-bond acceptors (Lipinski definition) is 6. The van der Waals surface area contributed by atoms with Crippen LogP contribution in [0, 0.1) is 18.3 Å². The predicted molar refractivity (Wildman–Crippen MR) is 76.7 cm³/mol. The zero-order chi connectivity index (χ0) is 17.4. The Morgan fingerprint density at radius 1 is 1.26 bits per heavy atom. The predicted octanol–water partition coefficient (Wildman–Crippen LogP) is -0.579. The number of benzene rings is 1. The number of hydrogen-bond donors (Lipinski definition) is 3. The number of aromatic carboxylic acids is 1. The molecule has 7 heteroatoms. The van der Waals surface area contributed by atoms with Crippen molar-refractivity contribution in [3.05, 3.63) is 58.4 Å². The van der Waals surface area contributed by atoms with Gasteiger partial charge in [0, 0.05) is 12.5 Å². The van der Waals surface area contributed by atoms with Gasteiger partial charge in [0.2, 0.25) is 5.69 Å². The summed E-state index contributed by atoms with van der Waals surface area (Å²) in [7, 11) is 0. The maximum atomic E-state index is 10.2. The highest BCUT2D eigenvalue weighted by Gasteiger charge is 2.13. The Hall–Kier alpha value is -2.95. The number of aromatic amines is 1. The summed E-state index contributed by atoms with van der Waals surface area (Å²) in [6, 6.07) is 7.43. The SMILES string of the molecule is Cc1[nH+]cc(CO)c(CO)c1O.N#Cc1ccc(C(=O)[O-])cc1. The van der Waals surface area contributed by atoms with E-state index in [-0.39, 0.29) is 24.5 Å². The van der Waals surface area contributed by atoms with Crippen LogP contribution in [-0.2, 0) is 13.2 Å². The molecule has 7 nitrogen and oxygen atoms in total. The molecule has 0 saturated heterocycles. The van der Waals surface area contributed by atoms with Gasteiger partial charge in [0.05, 0.1) is 36.4 Å². The summed E-state index contributed by atoms with van der Waals surface area (Å²) < 4.78 is 0. The van der Waals surface area contributed by atoms with Crippen LogP contribution < -0.4 is 10.1 Å². The Bertz CT molecular complexity index is 720. The van der Waals surface area contributed by atoms with Crippen molar-refractivity contribution in [2.24, 2.45) is 0 Å². The number of nitrogens with zero attached hydrogens (tertiary/aromatic N) is 1. The molecule has 0 saturated carbocycles. The fourth-order valence-electron chi connectivity index (χ4n) is 1.73. The molecule has 0 unspecified atom stereocenters. The number of carbonyl (C=O) groups excluding carboxylic acids is 1. The van der Waals surface area contributed by atoms with E-state index in [0.29, 0.717) is 22.4 Å². The molecule has 0 spiro atoms. The van der Waals surface area contributed by atoms with Gasteiger partial charge in [-0.3, -0.25) is 0 Å².